The number of hydrogen-bond donors (Lipinski definition) is 1. The van der Waals surface area contributed by atoms with Crippen molar-refractivity contribution in [2.75, 3.05) is 11.9 Å². The molecule has 0 radical (unpaired) electrons. The molecule has 0 unspecified atom stereocenters. The van der Waals surface area contributed by atoms with Gasteiger partial charge in [0.2, 0.25) is 0 Å². The van der Waals surface area contributed by atoms with Gasteiger partial charge < -0.3 is 5.32 Å². The van der Waals surface area contributed by atoms with E-state index in [9.17, 15) is 0 Å². The summed E-state index contributed by atoms with van der Waals surface area (Å²) in [5, 5.41) is 3.33. The molecule has 84 valence electrons. The first-order valence-electron chi connectivity index (χ1n) is 5.85. The van der Waals surface area contributed by atoms with Crippen molar-refractivity contribution in [3.63, 3.8) is 0 Å². The number of unbranched alkanes of at least 4 members (excludes halogenated alkanes) is 1. The van der Waals surface area contributed by atoms with Crippen LogP contribution in [-0.4, -0.2) is 11.5 Å². The van der Waals surface area contributed by atoms with Gasteiger partial charge in [0.15, 0.2) is 0 Å². The van der Waals surface area contributed by atoms with Crippen molar-refractivity contribution in [2.24, 2.45) is 5.92 Å². The topological polar surface area (TPSA) is 24.9 Å². The van der Waals surface area contributed by atoms with Crippen molar-refractivity contribution < 1.29 is 0 Å². The van der Waals surface area contributed by atoms with E-state index in [-0.39, 0.29) is 0 Å². The molecular weight excluding hydrogens is 184 g/mol. The van der Waals surface area contributed by atoms with Crippen LogP contribution in [-0.2, 0) is 0 Å². The molecule has 1 aromatic heterocycles. The molecule has 1 heterocycles. The summed E-state index contributed by atoms with van der Waals surface area (Å²) in [6, 6.07) is 4.13. The fourth-order valence-corrected chi connectivity index (χ4v) is 1.47. The third-order valence-corrected chi connectivity index (χ3v) is 2.43. The molecule has 0 bridgehead atoms. The number of aryl methyl sites for hydroxylation is 1. The quantitative estimate of drug-likeness (QED) is 0.719. The van der Waals surface area contributed by atoms with Crippen LogP contribution in [0.5, 0.6) is 0 Å². The number of nitrogens with one attached hydrogen (secondary N) is 1. The highest BCUT2D eigenvalue weighted by Gasteiger charge is 1.95. The van der Waals surface area contributed by atoms with Crippen LogP contribution in [0.3, 0.4) is 0 Å². The van der Waals surface area contributed by atoms with Gasteiger partial charge in [-0.2, -0.15) is 0 Å². The molecule has 15 heavy (non-hydrogen) atoms. The maximum atomic E-state index is 4.30. The largest absolute Gasteiger partial charge is 0.370 e. The number of aromatic nitrogens is 1. The first-order chi connectivity index (χ1) is 7.18. The molecule has 0 amide bonds. The Labute approximate surface area is 93.1 Å². The monoisotopic (exact) mass is 206 g/mol. The van der Waals surface area contributed by atoms with E-state index in [0.29, 0.717) is 0 Å². The van der Waals surface area contributed by atoms with Crippen LogP contribution in [0.2, 0.25) is 0 Å². The lowest BCUT2D eigenvalue weighted by Crippen LogP contribution is -2.03. The Bertz CT molecular complexity index is 264. The average molecular weight is 206 g/mol. The predicted octanol–water partition coefficient (Wildman–Crippen LogP) is 3.63. The van der Waals surface area contributed by atoms with Gasteiger partial charge in [-0.3, -0.25) is 0 Å². The van der Waals surface area contributed by atoms with E-state index in [1.54, 1.807) is 0 Å². The van der Waals surface area contributed by atoms with Gasteiger partial charge in [-0.15, -0.1) is 0 Å². The first kappa shape index (κ1) is 12.0. The third kappa shape index (κ3) is 5.40. The second kappa shape index (κ2) is 6.44. The summed E-state index contributed by atoms with van der Waals surface area (Å²) < 4.78 is 0. The van der Waals surface area contributed by atoms with Gasteiger partial charge >= 0.3 is 0 Å². The van der Waals surface area contributed by atoms with Gasteiger partial charge in [-0.1, -0.05) is 32.8 Å². The molecule has 0 saturated heterocycles. The normalized spacial score (nSPS) is 10.7. The SMILES string of the molecule is Cc1ccc(NCCCCC(C)C)nc1. The van der Waals surface area contributed by atoms with E-state index in [1.807, 2.05) is 12.3 Å². The van der Waals surface area contributed by atoms with Crippen LogP contribution < -0.4 is 5.32 Å². The zero-order chi connectivity index (χ0) is 11.1. The van der Waals surface area contributed by atoms with E-state index in [2.05, 4.69) is 37.1 Å². The number of pyridine rings is 1. The lowest BCUT2D eigenvalue weighted by Gasteiger charge is -2.06. The summed E-state index contributed by atoms with van der Waals surface area (Å²) in [5.41, 5.74) is 1.21. The van der Waals surface area contributed by atoms with Gasteiger partial charge in [0, 0.05) is 12.7 Å². The molecule has 0 fully saturated rings. The van der Waals surface area contributed by atoms with Crippen LogP contribution in [0.4, 0.5) is 5.82 Å². The minimum absolute atomic E-state index is 0.822. The van der Waals surface area contributed by atoms with Gasteiger partial charge in [-0.05, 0) is 30.9 Å². The molecule has 0 aliphatic heterocycles. The molecule has 0 aliphatic carbocycles. The van der Waals surface area contributed by atoms with Crippen molar-refractivity contribution in [2.45, 2.75) is 40.0 Å². The van der Waals surface area contributed by atoms with Crippen molar-refractivity contribution in [3.05, 3.63) is 23.9 Å². The smallest absolute Gasteiger partial charge is 0.125 e. The van der Waals surface area contributed by atoms with E-state index in [4.69, 9.17) is 0 Å². The lowest BCUT2D eigenvalue weighted by molar-refractivity contribution is 0.544. The van der Waals surface area contributed by atoms with Crippen LogP contribution in [0.15, 0.2) is 18.3 Å². The lowest BCUT2D eigenvalue weighted by atomic mass is 10.1. The minimum atomic E-state index is 0.822. The zero-order valence-electron chi connectivity index (χ0n) is 10.1. The summed E-state index contributed by atoms with van der Waals surface area (Å²) in [6.45, 7) is 7.63. The number of nitrogens with zero attached hydrogens (tertiary/aromatic N) is 1. The molecule has 0 saturated carbocycles. The summed E-state index contributed by atoms with van der Waals surface area (Å²) >= 11 is 0. The molecule has 0 atom stereocenters. The Morgan fingerprint density at radius 2 is 2.07 bits per heavy atom. The van der Waals surface area contributed by atoms with Crippen LogP contribution >= 0.6 is 0 Å². The Kier molecular flexibility index (Phi) is 5.16. The summed E-state index contributed by atoms with van der Waals surface area (Å²) in [6.07, 6.45) is 5.75. The highest BCUT2D eigenvalue weighted by molar-refractivity contribution is 5.34. The van der Waals surface area contributed by atoms with Gasteiger partial charge in [-0.25, -0.2) is 4.98 Å². The van der Waals surface area contributed by atoms with Crippen LogP contribution in [0, 0.1) is 12.8 Å². The van der Waals surface area contributed by atoms with E-state index >= 15 is 0 Å². The standard InChI is InChI=1S/C13H22N2/c1-11(2)6-4-5-9-14-13-8-7-12(3)10-15-13/h7-8,10-11H,4-6,9H2,1-3H3,(H,14,15). The highest BCUT2D eigenvalue weighted by Crippen LogP contribution is 2.07. The van der Waals surface area contributed by atoms with Gasteiger partial charge in [0.05, 0.1) is 0 Å². The van der Waals surface area contributed by atoms with Crippen LogP contribution in [0.25, 0.3) is 0 Å². The summed E-state index contributed by atoms with van der Waals surface area (Å²) in [4.78, 5) is 4.30. The summed E-state index contributed by atoms with van der Waals surface area (Å²) in [7, 11) is 0. The molecule has 0 aromatic carbocycles. The Morgan fingerprint density at radius 1 is 1.27 bits per heavy atom. The van der Waals surface area contributed by atoms with E-state index < -0.39 is 0 Å². The highest BCUT2D eigenvalue weighted by atomic mass is 15.0. The number of rotatable bonds is 6. The third-order valence-electron chi connectivity index (χ3n) is 2.43. The molecular formula is C13H22N2. The maximum Gasteiger partial charge on any atom is 0.125 e. The van der Waals surface area contributed by atoms with Crippen molar-refractivity contribution in [1.82, 2.24) is 4.98 Å². The molecule has 1 rings (SSSR count). The second-order valence-electron chi connectivity index (χ2n) is 4.54. The zero-order valence-corrected chi connectivity index (χ0v) is 10.1. The number of hydrogen-bond acceptors (Lipinski definition) is 2. The number of anilines is 1. The molecule has 0 aliphatic rings. The molecule has 1 aromatic rings. The second-order valence-corrected chi connectivity index (χ2v) is 4.54. The fraction of sp³-hybridized carbons (Fsp3) is 0.615. The van der Waals surface area contributed by atoms with Crippen molar-refractivity contribution >= 4 is 5.82 Å². The minimum Gasteiger partial charge on any atom is -0.370 e. The average Bonchev–Trinajstić information content (AvgIpc) is 2.20. The maximum absolute atomic E-state index is 4.30. The Balaban J connectivity index is 2.12. The summed E-state index contributed by atoms with van der Waals surface area (Å²) in [5.74, 6) is 1.81. The molecule has 2 heteroatoms. The van der Waals surface area contributed by atoms with Gasteiger partial charge in [0.1, 0.15) is 5.82 Å². The van der Waals surface area contributed by atoms with Crippen LogP contribution in [0.1, 0.15) is 38.7 Å². The van der Waals surface area contributed by atoms with E-state index in [0.717, 1.165) is 18.3 Å². The van der Waals surface area contributed by atoms with Crippen molar-refractivity contribution in [1.29, 1.82) is 0 Å². The Hall–Kier alpha value is -1.05. The molecule has 0 spiro atoms. The molecule has 2 nitrogen and oxygen atoms in total. The Morgan fingerprint density at radius 3 is 2.67 bits per heavy atom. The first-order valence-corrected chi connectivity index (χ1v) is 5.85. The van der Waals surface area contributed by atoms with Gasteiger partial charge in [0.25, 0.3) is 0 Å². The van der Waals surface area contributed by atoms with Crippen molar-refractivity contribution in [3.8, 4) is 0 Å². The molecule has 1 N–H and O–H groups in total. The fourth-order valence-electron chi connectivity index (χ4n) is 1.47. The predicted molar refractivity (Wildman–Crippen MR) is 66.2 cm³/mol. The van der Waals surface area contributed by atoms with E-state index in [1.165, 1.54) is 24.8 Å².